The zero-order valence-electron chi connectivity index (χ0n) is 11.9. The van der Waals surface area contributed by atoms with Crippen molar-refractivity contribution in [1.29, 1.82) is 0 Å². The highest BCUT2D eigenvalue weighted by atomic mass is 79.9. The zero-order chi connectivity index (χ0) is 14.9. The SMILES string of the molecule is FCC1(CC2C=CC=CC2Cc2ccc(Br)c(F)c2)CC1. The molecule has 0 heterocycles. The lowest BCUT2D eigenvalue weighted by Crippen LogP contribution is -2.20. The minimum absolute atomic E-state index is 0.0661. The predicted octanol–water partition coefficient (Wildman–Crippen LogP) is 5.63. The van der Waals surface area contributed by atoms with E-state index in [0.717, 1.165) is 31.2 Å². The highest BCUT2D eigenvalue weighted by Gasteiger charge is 2.44. The normalized spacial score (nSPS) is 26.0. The van der Waals surface area contributed by atoms with Gasteiger partial charge in [0.15, 0.2) is 0 Å². The van der Waals surface area contributed by atoms with Crippen molar-refractivity contribution in [3.05, 3.63) is 58.4 Å². The van der Waals surface area contributed by atoms with E-state index >= 15 is 0 Å². The molecule has 0 spiro atoms. The molecule has 3 rings (SSSR count). The zero-order valence-corrected chi connectivity index (χ0v) is 13.5. The summed E-state index contributed by atoms with van der Waals surface area (Å²) in [5.74, 6) is 0.473. The molecule has 2 unspecified atom stereocenters. The molecule has 0 nitrogen and oxygen atoms in total. The van der Waals surface area contributed by atoms with Gasteiger partial charge in [-0.1, -0.05) is 30.4 Å². The predicted molar refractivity (Wildman–Crippen MR) is 85.3 cm³/mol. The summed E-state index contributed by atoms with van der Waals surface area (Å²) in [4.78, 5) is 0. The van der Waals surface area contributed by atoms with E-state index in [1.165, 1.54) is 0 Å². The molecule has 2 aliphatic rings. The third-order valence-electron chi connectivity index (χ3n) is 4.74. The Balaban J connectivity index is 1.71. The fraction of sp³-hybridized carbons (Fsp3) is 0.444. The van der Waals surface area contributed by atoms with Crippen molar-refractivity contribution in [3.63, 3.8) is 0 Å². The number of hydrogen-bond donors (Lipinski definition) is 0. The highest BCUT2D eigenvalue weighted by molar-refractivity contribution is 9.10. The van der Waals surface area contributed by atoms with Crippen LogP contribution in [0.5, 0.6) is 0 Å². The van der Waals surface area contributed by atoms with E-state index in [2.05, 4.69) is 34.2 Å². The van der Waals surface area contributed by atoms with Gasteiger partial charge in [0.2, 0.25) is 0 Å². The molecule has 112 valence electrons. The number of halogens is 3. The Labute approximate surface area is 133 Å². The number of rotatable bonds is 5. The fourth-order valence-corrected chi connectivity index (χ4v) is 3.39. The van der Waals surface area contributed by atoms with E-state index < -0.39 is 0 Å². The van der Waals surface area contributed by atoms with Crippen LogP contribution in [0.4, 0.5) is 8.78 Å². The summed E-state index contributed by atoms with van der Waals surface area (Å²) >= 11 is 3.18. The van der Waals surface area contributed by atoms with E-state index in [0.29, 0.717) is 16.3 Å². The Morgan fingerprint density at radius 2 is 1.86 bits per heavy atom. The first kappa shape index (κ1) is 15.0. The van der Waals surface area contributed by atoms with Gasteiger partial charge in [-0.25, -0.2) is 4.39 Å². The average Bonchev–Trinajstić information content (AvgIpc) is 3.25. The first-order valence-corrected chi connectivity index (χ1v) is 8.26. The molecule has 1 aromatic rings. The minimum atomic E-state index is -0.221. The molecule has 0 N–H and O–H groups in total. The Kier molecular flexibility index (Phi) is 4.30. The van der Waals surface area contributed by atoms with Gasteiger partial charge in [-0.15, -0.1) is 0 Å². The van der Waals surface area contributed by atoms with E-state index in [9.17, 15) is 8.78 Å². The summed E-state index contributed by atoms with van der Waals surface area (Å²) < 4.78 is 27.3. The van der Waals surface area contributed by atoms with E-state index in [1.54, 1.807) is 12.1 Å². The lowest BCUT2D eigenvalue weighted by atomic mass is 9.78. The smallest absolute Gasteiger partial charge is 0.137 e. The molecule has 0 radical (unpaired) electrons. The molecule has 0 amide bonds. The van der Waals surface area contributed by atoms with Gasteiger partial charge < -0.3 is 0 Å². The molecular formula is C18H19BrF2. The largest absolute Gasteiger partial charge is 0.250 e. The topological polar surface area (TPSA) is 0 Å². The van der Waals surface area contributed by atoms with Crippen molar-refractivity contribution in [2.45, 2.75) is 25.7 Å². The summed E-state index contributed by atoms with van der Waals surface area (Å²) in [6, 6.07) is 5.31. The molecular weight excluding hydrogens is 334 g/mol. The highest BCUT2D eigenvalue weighted by Crippen LogP contribution is 2.52. The number of benzene rings is 1. The Morgan fingerprint density at radius 1 is 1.14 bits per heavy atom. The summed E-state index contributed by atoms with van der Waals surface area (Å²) in [5.41, 5.74) is 0.930. The van der Waals surface area contributed by atoms with Crippen LogP contribution >= 0.6 is 15.9 Å². The third-order valence-corrected chi connectivity index (χ3v) is 5.39. The maximum Gasteiger partial charge on any atom is 0.137 e. The van der Waals surface area contributed by atoms with Crippen LogP contribution in [0.2, 0.25) is 0 Å². The maximum atomic E-state index is 13.6. The molecule has 21 heavy (non-hydrogen) atoms. The van der Waals surface area contributed by atoms with Gasteiger partial charge in [-0.3, -0.25) is 4.39 Å². The number of hydrogen-bond acceptors (Lipinski definition) is 0. The summed E-state index contributed by atoms with van der Waals surface area (Å²) in [6.07, 6.45) is 12.2. The molecule has 1 saturated carbocycles. The van der Waals surface area contributed by atoms with Gasteiger partial charge in [0.25, 0.3) is 0 Å². The van der Waals surface area contributed by atoms with Crippen LogP contribution in [0.15, 0.2) is 47.0 Å². The van der Waals surface area contributed by atoms with Crippen LogP contribution in [-0.2, 0) is 6.42 Å². The van der Waals surface area contributed by atoms with Gasteiger partial charge in [0, 0.05) is 0 Å². The van der Waals surface area contributed by atoms with Gasteiger partial charge in [-0.2, -0.15) is 0 Å². The summed E-state index contributed by atoms with van der Waals surface area (Å²) in [5, 5.41) is 0. The molecule has 3 heteroatoms. The molecule has 2 aliphatic carbocycles. The quantitative estimate of drug-likeness (QED) is 0.644. The lowest BCUT2D eigenvalue weighted by molar-refractivity contribution is 0.269. The van der Waals surface area contributed by atoms with Gasteiger partial charge in [0.05, 0.1) is 11.1 Å². The monoisotopic (exact) mass is 352 g/mol. The second-order valence-electron chi connectivity index (χ2n) is 6.39. The first-order valence-electron chi connectivity index (χ1n) is 7.47. The van der Waals surface area contributed by atoms with Crippen molar-refractivity contribution in [2.24, 2.45) is 17.3 Å². The Bertz CT molecular complexity index is 573. The standard InChI is InChI=1S/C18H19BrF2/c19-16-6-5-13(10-17(16)21)9-14-3-1-2-4-15(14)11-18(12-20)7-8-18/h1-6,10,14-15H,7-9,11-12H2. The Morgan fingerprint density at radius 3 is 2.48 bits per heavy atom. The van der Waals surface area contributed by atoms with Gasteiger partial charge in [0.1, 0.15) is 5.82 Å². The van der Waals surface area contributed by atoms with Crippen molar-refractivity contribution in [3.8, 4) is 0 Å². The van der Waals surface area contributed by atoms with Crippen molar-refractivity contribution in [2.75, 3.05) is 6.67 Å². The van der Waals surface area contributed by atoms with Gasteiger partial charge >= 0.3 is 0 Å². The number of alkyl halides is 1. The maximum absolute atomic E-state index is 13.6. The molecule has 1 fully saturated rings. The molecule has 0 bridgehead atoms. The molecule has 0 aromatic heterocycles. The molecule has 1 aromatic carbocycles. The second kappa shape index (κ2) is 6.04. The van der Waals surface area contributed by atoms with Crippen LogP contribution in [0.1, 0.15) is 24.8 Å². The molecule has 2 atom stereocenters. The third kappa shape index (κ3) is 3.45. The summed E-state index contributed by atoms with van der Waals surface area (Å²) in [7, 11) is 0. The summed E-state index contributed by atoms with van der Waals surface area (Å²) in [6.45, 7) is -0.208. The van der Waals surface area contributed by atoms with Crippen molar-refractivity contribution >= 4 is 15.9 Å². The minimum Gasteiger partial charge on any atom is -0.250 e. The van der Waals surface area contributed by atoms with Crippen molar-refractivity contribution < 1.29 is 8.78 Å². The second-order valence-corrected chi connectivity index (χ2v) is 7.24. The van der Waals surface area contributed by atoms with Crippen LogP contribution in [0, 0.1) is 23.1 Å². The van der Waals surface area contributed by atoms with Crippen LogP contribution in [0.3, 0.4) is 0 Å². The molecule has 0 aliphatic heterocycles. The van der Waals surface area contributed by atoms with Crippen molar-refractivity contribution in [1.82, 2.24) is 0 Å². The van der Waals surface area contributed by atoms with E-state index in [4.69, 9.17) is 0 Å². The lowest BCUT2D eigenvalue weighted by Gasteiger charge is -2.27. The van der Waals surface area contributed by atoms with Crippen LogP contribution in [-0.4, -0.2) is 6.67 Å². The molecule has 0 saturated heterocycles. The average molecular weight is 353 g/mol. The number of allylic oxidation sites excluding steroid dienone is 4. The van der Waals surface area contributed by atoms with Crippen LogP contribution in [0.25, 0.3) is 0 Å². The van der Waals surface area contributed by atoms with E-state index in [-0.39, 0.29) is 17.9 Å². The fourth-order valence-electron chi connectivity index (χ4n) is 3.15. The van der Waals surface area contributed by atoms with E-state index in [1.807, 2.05) is 12.1 Å². The first-order chi connectivity index (χ1) is 10.1. The van der Waals surface area contributed by atoms with Crippen LogP contribution < -0.4 is 0 Å². The Hall–Kier alpha value is -0.960. The van der Waals surface area contributed by atoms with Gasteiger partial charge in [-0.05, 0) is 76.6 Å².